The molecule has 120 valence electrons. The van der Waals surface area contributed by atoms with Gasteiger partial charge in [-0.25, -0.2) is 13.6 Å². The Labute approximate surface area is 126 Å². The summed E-state index contributed by atoms with van der Waals surface area (Å²) in [6.45, 7) is 1.70. The first-order valence-corrected chi connectivity index (χ1v) is 6.69. The molecule has 0 aromatic heterocycles. The normalized spacial score (nSPS) is 14.6. The number of methoxy groups -OCH3 is 1. The average Bonchev–Trinajstić information content (AvgIpc) is 2.54. The second-order valence-electron chi connectivity index (χ2n) is 4.65. The van der Waals surface area contributed by atoms with Crippen LogP contribution in [0.5, 0.6) is 0 Å². The van der Waals surface area contributed by atoms with Gasteiger partial charge in [-0.1, -0.05) is 0 Å². The van der Waals surface area contributed by atoms with Crippen molar-refractivity contribution in [1.82, 2.24) is 4.90 Å². The zero-order valence-corrected chi connectivity index (χ0v) is 12.0. The molecule has 1 aromatic rings. The van der Waals surface area contributed by atoms with E-state index in [1.54, 1.807) is 4.90 Å². The predicted octanol–water partition coefficient (Wildman–Crippen LogP) is 1.02. The summed E-state index contributed by atoms with van der Waals surface area (Å²) >= 11 is 0. The molecule has 1 saturated heterocycles. The van der Waals surface area contributed by atoms with Gasteiger partial charge in [0.05, 0.1) is 38.1 Å². The fraction of sp³-hybridized carbons (Fsp3) is 0.429. The Morgan fingerprint density at radius 1 is 1.27 bits per heavy atom. The van der Waals surface area contributed by atoms with Crippen molar-refractivity contribution in [2.45, 2.75) is 0 Å². The van der Waals surface area contributed by atoms with Gasteiger partial charge in [0.2, 0.25) is 5.91 Å². The average molecular weight is 314 g/mol. The van der Waals surface area contributed by atoms with Crippen LogP contribution in [0.15, 0.2) is 12.1 Å². The Kier molecular flexibility index (Phi) is 5.26. The van der Waals surface area contributed by atoms with Crippen LogP contribution in [0.2, 0.25) is 0 Å². The number of carbonyl (C=O) groups is 2. The third kappa shape index (κ3) is 3.70. The van der Waals surface area contributed by atoms with Crippen LogP contribution in [0.1, 0.15) is 10.4 Å². The molecule has 1 aromatic carbocycles. The SMILES string of the molecule is COC(=O)c1cc(NCC(=O)N2CCOCC2)c(F)cc1F. The van der Waals surface area contributed by atoms with Crippen LogP contribution in [-0.2, 0) is 14.3 Å². The maximum atomic E-state index is 13.7. The van der Waals surface area contributed by atoms with E-state index in [1.807, 2.05) is 0 Å². The summed E-state index contributed by atoms with van der Waals surface area (Å²) in [5.41, 5.74) is -0.534. The van der Waals surface area contributed by atoms with E-state index in [2.05, 4.69) is 10.1 Å². The molecule has 1 heterocycles. The summed E-state index contributed by atoms with van der Waals surface area (Å²) in [5.74, 6) is -3.05. The Morgan fingerprint density at radius 3 is 2.59 bits per heavy atom. The van der Waals surface area contributed by atoms with Gasteiger partial charge in [0.25, 0.3) is 0 Å². The van der Waals surface area contributed by atoms with Crippen LogP contribution in [0.4, 0.5) is 14.5 Å². The molecule has 0 aliphatic carbocycles. The highest BCUT2D eigenvalue weighted by Gasteiger charge is 2.19. The molecule has 8 heteroatoms. The smallest absolute Gasteiger partial charge is 0.340 e. The zero-order chi connectivity index (χ0) is 16.1. The monoisotopic (exact) mass is 314 g/mol. The van der Waals surface area contributed by atoms with E-state index in [9.17, 15) is 18.4 Å². The highest BCUT2D eigenvalue weighted by Crippen LogP contribution is 2.20. The summed E-state index contributed by atoms with van der Waals surface area (Å²) in [6.07, 6.45) is 0. The van der Waals surface area contributed by atoms with Crippen molar-refractivity contribution in [3.8, 4) is 0 Å². The number of nitrogens with zero attached hydrogens (tertiary/aromatic N) is 1. The fourth-order valence-corrected chi connectivity index (χ4v) is 2.05. The van der Waals surface area contributed by atoms with Gasteiger partial charge in [-0.3, -0.25) is 4.79 Å². The first kappa shape index (κ1) is 16.2. The minimum absolute atomic E-state index is 0.136. The largest absolute Gasteiger partial charge is 0.465 e. The van der Waals surface area contributed by atoms with Gasteiger partial charge in [-0.2, -0.15) is 0 Å². The summed E-state index contributed by atoms with van der Waals surface area (Å²) in [7, 11) is 1.10. The van der Waals surface area contributed by atoms with Crippen molar-refractivity contribution in [3.63, 3.8) is 0 Å². The molecular weight excluding hydrogens is 298 g/mol. The lowest BCUT2D eigenvalue weighted by Crippen LogP contribution is -2.43. The van der Waals surface area contributed by atoms with Gasteiger partial charge in [0.1, 0.15) is 11.6 Å². The van der Waals surface area contributed by atoms with E-state index in [1.165, 1.54) is 0 Å². The molecule has 0 unspecified atom stereocenters. The Bertz CT molecular complexity index is 574. The summed E-state index contributed by atoms with van der Waals surface area (Å²) in [5, 5.41) is 2.58. The number of morpholine rings is 1. The summed E-state index contributed by atoms with van der Waals surface area (Å²) in [4.78, 5) is 24.9. The highest BCUT2D eigenvalue weighted by molar-refractivity contribution is 5.91. The molecule has 1 N–H and O–H groups in total. The van der Waals surface area contributed by atoms with Crippen molar-refractivity contribution in [3.05, 3.63) is 29.3 Å². The highest BCUT2D eigenvalue weighted by atomic mass is 19.1. The molecule has 0 saturated carbocycles. The van der Waals surface area contributed by atoms with Gasteiger partial charge in [0.15, 0.2) is 0 Å². The topological polar surface area (TPSA) is 67.9 Å². The number of ether oxygens (including phenoxy) is 2. The van der Waals surface area contributed by atoms with E-state index >= 15 is 0 Å². The number of esters is 1. The summed E-state index contributed by atoms with van der Waals surface area (Å²) < 4.78 is 36.7. The van der Waals surface area contributed by atoms with Crippen LogP contribution in [0, 0.1) is 11.6 Å². The second kappa shape index (κ2) is 7.17. The zero-order valence-electron chi connectivity index (χ0n) is 12.0. The number of rotatable bonds is 4. The lowest BCUT2D eigenvalue weighted by molar-refractivity contribution is -0.133. The molecule has 0 atom stereocenters. The summed E-state index contributed by atoms with van der Waals surface area (Å²) in [6, 6.07) is 1.57. The molecular formula is C14H16F2N2O4. The Balaban J connectivity index is 2.05. The molecule has 1 aliphatic heterocycles. The van der Waals surface area contributed by atoms with Crippen molar-refractivity contribution < 1.29 is 27.8 Å². The standard InChI is InChI=1S/C14H16F2N2O4/c1-21-14(20)9-6-12(11(16)7-10(9)15)17-8-13(19)18-2-4-22-5-3-18/h6-7,17H,2-5,8H2,1H3. The molecule has 2 rings (SSSR count). The van der Waals surface area contributed by atoms with E-state index in [4.69, 9.17) is 4.74 Å². The third-order valence-corrected chi connectivity index (χ3v) is 3.26. The molecule has 0 spiro atoms. The molecule has 1 fully saturated rings. The lowest BCUT2D eigenvalue weighted by atomic mass is 10.1. The number of nitrogens with one attached hydrogen (secondary N) is 1. The molecule has 1 aliphatic rings. The number of benzene rings is 1. The van der Waals surface area contributed by atoms with Crippen molar-refractivity contribution in [1.29, 1.82) is 0 Å². The quantitative estimate of drug-likeness (QED) is 0.841. The van der Waals surface area contributed by atoms with Crippen molar-refractivity contribution in [2.24, 2.45) is 0 Å². The van der Waals surface area contributed by atoms with E-state index < -0.39 is 23.2 Å². The van der Waals surface area contributed by atoms with E-state index in [-0.39, 0.29) is 18.1 Å². The maximum absolute atomic E-state index is 13.7. The maximum Gasteiger partial charge on any atom is 0.340 e. The van der Waals surface area contributed by atoms with Crippen LogP contribution in [0.3, 0.4) is 0 Å². The first-order valence-electron chi connectivity index (χ1n) is 6.69. The van der Waals surface area contributed by atoms with Gasteiger partial charge in [0, 0.05) is 19.2 Å². The van der Waals surface area contributed by atoms with Gasteiger partial charge in [-0.05, 0) is 6.07 Å². The number of amides is 1. The van der Waals surface area contributed by atoms with Gasteiger partial charge < -0.3 is 19.7 Å². The second-order valence-corrected chi connectivity index (χ2v) is 4.65. The van der Waals surface area contributed by atoms with E-state index in [0.717, 1.165) is 13.2 Å². The molecule has 6 nitrogen and oxygen atoms in total. The van der Waals surface area contributed by atoms with Gasteiger partial charge in [-0.15, -0.1) is 0 Å². The van der Waals surface area contributed by atoms with Crippen molar-refractivity contribution in [2.75, 3.05) is 45.3 Å². The number of carbonyl (C=O) groups excluding carboxylic acids is 2. The Morgan fingerprint density at radius 2 is 1.95 bits per heavy atom. The van der Waals surface area contributed by atoms with Crippen LogP contribution >= 0.6 is 0 Å². The fourth-order valence-electron chi connectivity index (χ4n) is 2.05. The number of hydrogen-bond acceptors (Lipinski definition) is 5. The minimum Gasteiger partial charge on any atom is -0.465 e. The van der Waals surface area contributed by atoms with Crippen LogP contribution in [-0.4, -0.2) is 56.7 Å². The van der Waals surface area contributed by atoms with Crippen molar-refractivity contribution >= 4 is 17.6 Å². The molecule has 22 heavy (non-hydrogen) atoms. The van der Waals surface area contributed by atoms with E-state index in [0.29, 0.717) is 32.4 Å². The Hall–Kier alpha value is -2.22. The van der Waals surface area contributed by atoms with Crippen LogP contribution in [0.25, 0.3) is 0 Å². The predicted molar refractivity (Wildman–Crippen MR) is 73.6 cm³/mol. The number of hydrogen-bond donors (Lipinski definition) is 1. The number of anilines is 1. The third-order valence-electron chi connectivity index (χ3n) is 3.26. The lowest BCUT2D eigenvalue weighted by Gasteiger charge is -2.27. The van der Waals surface area contributed by atoms with Gasteiger partial charge >= 0.3 is 5.97 Å². The first-order chi connectivity index (χ1) is 10.5. The molecule has 0 radical (unpaired) electrons. The van der Waals surface area contributed by atoms with Crippen LogP contribution < -0.4 is 5.32 Å². The number of halogens is 2. The molecule has 1 amide bonds. The minimum atomic E-state index is -1.02. The molecule has 0 bridgehead atoms.